The first-order chi connectivity index (χ1) is 22.0. The van der Waals surface area contributed by atoms with E-state index in [2.05, 4.69) is 4.74 Å². The first-order valence-electron chi connectivity index (χ1n) is 13.0. The van der Waals surface area contributed by atoms with E-state index in [0.29, 0.717) is 0 Å². The molecular weight excluding hydrogens is 604 g/mol. The Bertz CT molecular complexity index is 1920. The number of hydrogen-bond donors (Lipinski definition) is 1. The lowest BCUT2D eigenvalue weighted by molar-refractivity contribution is 0.0346. The minimum absolute atomic E-state index is 0.175. The van der Waals surface area contributed by atoms with Gasteiger partial charge in [-0.1, -0.05) is 48.5 Å². The maximum Gasteiger partial charge on any atom is 0.346 e. The first-order valence-corrected chi connectivity index (χ1v) is 13.0. The molecule has 1 N–H and O–H groups in total. The number of carboxylic acids is 1. The fraction of sp³-hybridized carbons (Fsp3) is 0.0303. The summed E-state index contributed by atoms with van der Waals surface area (Å²) >= 11 is 0. The van der Waals surface area contributed by atoms with Gasteiger partial charge in [0.1, 0.15) is 0 Å². The van der Waals surface area contributed by atoms with E-state index in [-0.39, 0.29) is 11.1 Å². The summed E-state index contributed by atoms with van der Waals surface area (Å²) in [5.41, 5.74) is -3.27. The Labute approximate surface area is 258 Å². The highest BCUT2D eigenvalue weighted by Crippen LogP contribution is 2.19. The fourth-order valence-electron chi connectivity index (χ4n) is 4.06. The quantitative estimate of drug-likeness (QED) is 0.167. The van der Waals surface area contributed by atoms with Crippen LogP contribution < -0.4 is 0 Å². The Morgan fingerprint density at radius 3 is 0.783 bits per heavy atom. The number of ether oxygens (including phenoxy) is 4. The highest BCUT2D eigenvalue weighted by Gasteiger charge is 2.28. The molecule has 13 nitrogen and oxygen atoms in total. The smallest absolute Gasteiger partial charge is 0.346 e. The molecule has 230 valence electrons. The lowest BCUT2D eigenvalue weighted by Crippen LogP contribution is -2.22. The van der Waals surface area contributed by atoms with Gasteiger partial charge < -0.3 is 24.1 Å². The molecule has 0 fully saturated rings. The summed E-state index contributed by atoms with van der Waals surface area (Å²) in [6.45, 7) is 0. The molecule has 0 unspecified atom stereocenters. The van der Waals surface area contributed by atoms with Crippen LogP contribution in [0.1, 0.15) is 82.9 Å². The molecule has 0 bridgehead atoms. The van der Waals surface area contributed by atoms with Crippen molar-refractivity contribution in [2.24, 2.45) is 0 Å². The minimum atomic E-state index is -1.44. The van der Waals surface area contributed by atoms with E-state index in [9.17, 15) is 43.5 Å². The van der Waals surface area contributed by atoms with Crippen LogP contribution in [0.25, 0.3) is 0 Å². The SMILES string of the molecule is COC(=O)c1ccccc1C(=O)OC(=O)c1ccccc1C(=O)OC(=O)c1ccccc1C(=O)OC(=O)c1ccccc1C(=O)O. The molecule has 0 spiro atoms. The average molecular weight is 625 g/mol. The zero-order valence-corrected chi connectivity index (χ0v) is 23.6. The number of carbonyl (C=O) groups is 8. The van der Waals surface area contributed by atoms with Gasteiger partial charge >= 0.3 is 47.8 Å². The molecule has 4 aromatic rings. The van der Waals surface area contributed by atoms with Gasteiger partial charge in [0, 0.05) is 0 Å². The summed E-state index contributed by atoms with van der Waals surface area (Å²) < 4.78 is 19.2. The van der Waals surface area contributed by atoms with Crippen LogP contribution in [0.5, 0.6) is 0 Å². The highest BCUT2D eigenvalue weighted by atomic mass is 16.6. The van der Waals surface area contributed by atoms with Crippen LogP contribution in [-0.2, 0) is 18.9 Å². The molecule has 4 aromatic carbocycles. The molecule has 0 aromatic heterocycles. The van der Waals surface area contributed by atoms with Crippen molar-refractivity contribution in [1.82, 2.24) is 0 Å². The zero-order valence-electron chi connectivity index (χ0n) is 23.6. The molecule has 0 heterocycles. The van der Waals surface area contributed by atoms with Crippen molar-refractivity contribution in [2.45, 2.75) is 0 Å². The Morgan fingerprint density at radius 1 is 0.370 bits per heavy atom. The number of methoxy groups -OCH3 is 1. The molecule has 13 heteroatoms. The van der Waals surface area contributed by atoms with Crippen LogP contribution in [0, 0.1) is 0 Å². The predicted octanol–water partition coefficient (Wildman–Crippen LogP) is 4.16. The molecule has 0 aliphatic heterocycles. The van der Waals surface area contributed by atoms with Crippen molar-refractivity contribution in [1.29, 1.82) is 0 Å². The molecular formula is C33H20O13. The second-order valence-electron chi connectivity index (χ2n) is 9.01. The van der Waals surface area contributed by atoms with Crippen molar-refractivity contribution >= 4 is 47.8 Å². The normalized spacial score (nSPS) is 10.2. The summed E-state index contributed by atoms with van der Waals surface area (Å²) in [5.74, 6) is -10.2. The predicted molar refractivity (Wildman–Crippen MR) is 153 cm³/mol. The molecule has 0 saturated carbocycles. The van der Waals surface area contributed by atoms with Crippen molar-refractivity contribution in [3.8, 4) is 0 Å². The van der Waals surface area contributed by atoms with Crippen molar-refractivity contribution < 1.29 is 62.4 Å². The summed E-state index contributed by atoms with van der Waals surface area (Å²) in [5, 5.41) is 9.30. The molecule has 0 atom stereocenters. The monoisotopic (exact) mass is 624 g/mol. The number of rotatable bonds is 8. The second kappa shape index (κ2) is 14.1. The van der Waals surface area contributed by atoms with Gasteiger partial charge in [0.2, 0.25) is 0 Å². The topological polar surface area (TPSA) is 194 Å². The van der Waals surface area contributed by atoms with Crippen LogP contribution in [-0.4, -0.2) is 60.0 Å². The maximum atomic E-state index is 13.0. The number of benzene rings is 4. The second-order valence-corrected chi connectivity index (χ2v) is 9.01. The number of esters is 7. The van der Waals surface area contributed by atoms with E-state index >= 15 is 0 Å². The molecule has 0 aliphatic carbocycles. The fourth-order valence-corrected chi connectivity index (χ4v) is 4.06. The van der Waals surface area contributed by atoms with Gasteiger partial charge in [-0.05, 0) is 48.5 Å². The lowest BCUT2D eigenvalue weighted by Gasteiger charge is -2.11. The molecule has 0 radical (unpaired) electrons. The summed E-state index contributed by atoms with van der Waals surface area (Å²) in [7, 11) is 1.10. The number of hydrogen-bond acceptors (Lipinski definition) is 12. The summed E-state index contributed by atoms with van der Waals surface area (Å²) in [6, 6.07) is 20.1. The van der Waals surface area contributed by atoms with E-state index < -0.39 is 81.1 Å². The zero-order chi connectivity index (χ0) is 33.4. The Morgan fingerprint density at radius 2 is 0.565 bits per heavy atom. The molecule has 0 amide bonds. The molecule has 46 heavy (non-hydrogen) atoms. The van der Waals surface area contributed by atoms with Crippen LogP contribution in [0.3, 0.4) is 0 Å². The average Bonchev–Trinajstić information content (AvgIpc) is 3.07. The van der Waals surface area contributed by atoms with E-state index in [0.717, 1.165) is 43.5 Å². The summed E-state index contributed by atoms with van der Waals surface area (Å²) in [4.78, 5) is 100. The molecule has 4 rings (SSSR count). The maximum absolute atomic E-state index is 13.0. The van der Waals surface area contributed by atoms with Crippen molar-refractivity contribution in [3.63, 3.8) is 0 Å². The van der Waals surface area contributed by atoms with Crippen LogP contribution in [0.2, 0.25) is 0 Å². The van der Waals surface area contributed by atoms with Crippen LogP contribution in [0.4, 0.5) is 0 Å². The highest BCUT2D eigenvalue weighted by molar-refractivity contribution is 6.14. The standard InChI is InChI=1S/C33H20O13/c1-43-27(36)20-12-4-5-13-21(20)29(38)45-31(40)24-16-8-9-17-25(24)33(42)46-32(41)23-15-7-6-14-22(23)30(39)44-28(37)19-11-3-2-10-18(19)26(34)35/h2-17H,1H3,(H,34,35). The Kier molecular flexibility index (Phi) is 9.89. The Hall–Kier alpha value is -6.76. The van der Waals surface area contributed by atoms with Gasteiger partial charge in [-0.25, -0.2) is 38.4 Å². The van der Waals surface area contributed by atoms with Gasteiger partial charge in [-0.3, -0.25) is 0 Å². The van der Waals surface area contributed by atoms with E-state index in [1.807, 2.05) is 0 Å². The van der Waals surface area contributed by atoms with E-state index in [1.54, 1.807) is 0 Å². The van der Waals surface area contributed by atoms with Gasteiger partial charge in [0.25, 0.3) is 0 Å². The molecule has 0 saturated heterocycles. The third-order valence-electron chi connectivity index (χ3n) is 6.22. The van der Waals surface area contributed by atoms with Gasteiger partial charge in [-0.15, -0.1) is 0 Å². The third kappa shape index (κ3) is 7.06. The van der Waals surface area contributed by atoms with Gasteiger partial charge in [0.15, 0.2) is 0 Å². The number of carbonyl (C=O) groups excluding carboxylic acids is 7. The van der Waals surface area contributed by atoms with Gasteiger partial charge in [-0.2, -0.15) is 0 Å². The Balaban J connectivity index is 1.52. The summed E-state index contributed by atoms with van der Waals surface area (Å²) in [6.07, 6.45) is 0. The van der Waals surface area contributed by atoms with Gasteiger partial charge in [0.05, 0.1) is 51.6 Å². The molecule has 0 aliphatic rings. The van der Waals surface area contributed by atoms with Crippen molar-refractivity contribution in [2.75, 3.05) is 7.11 Å². The largest absolute Gasteiger partial charge is 0.478 e. The van der Waals surface area contributed by atoms with E-state index in [4.69, 9.17) is 14.2 Å². The first kappa shape index (κ1) is 32.2. The van der Waals surface area contributed by atoms with E-state index in [1.165, 1.54) is 60.7 Å². The number of aromatic carboxylic acids is 1. The minimum Gasteiger partial charge on any atom is -0.478 e. The van der Waals surface area contributed by atoms with Crippen LogP contribution >= 0.6 is 0 Å². The lowest BCUT2D eigenvalue weighted by atomic mass is 10.1. The van der Waals surface area contributed by atoms with Crippen molar-refractivity contribution in [3.05, 3.63) is 142 Å². The third-order valence-corrected chi connectivity index (χ3v) is 6.22. The number of carboxylic acid groups (broad SMARTS) is 1. The van der Waals surface area contributed by atoms with Crippen LogP contribution in [0.15, 0.2) is 97.1 Å².